The normalized spacial score (nSPS) is 13.8. The lowest BCUT2D eigenvalue weighted by Gasteiger charge is -2.31. The van der Waals surface area contributed by atoms with Gasteiger partial charge in [-0.05, 0) is 42.0 Å². The number of alkyl halides is 3. The van der Waals surface area contributed by atoms with Gasteiger partial charge in [-0.1, -0.05) is 59.1 Å². The summed E-state index contributed by atoms with van der Waals surface area (Å²) in [6.45, 7) is -1.17. The van der Waals surface area contributed by atoms with Crippen molar-refractivity contribution in [1.29, 1.82) is 0 Å². The number of ether oxygens (including phenoxy) is 1. The van der Waals surface area contributed by atoms with Crippen molar-refractivity contribution in [3.8, 4) is 11.4 Å². The minimum absolute atomic E-state index is 0.0772. The van der Waals surface area contributed by atoms with Crippen LogP contribution >= 0.6 is 34.8 Å². The Hall–Kier alpha value is -2.45. The van der Waals surface area contributed by atoms with Crippen LogP contribution in [-0.4, -0.2) is 27.7 Å². The van der Waals surface area contributed by atoms with Crippen LogP contribution in [0.4, 0.5) is 13.2 Å². The molecule has 1 aromatic heterocycles. The summed E-state index contributed by atoms with van der Waals surface area (Å²) >= 11 is 17.8. The molecule has 32 heavy (non-hydrogen) atoms. The Kier molecular flexibility index (Phi) is 6.02. The molecule has 0 spiro atoms. The van der Waals surface area contributed by atoms with Crippen LogP contribution in [0, 0.1) is 0 Å². The molecule has 4 rings (SSSR count). The molecular formula is C22H14Cl3F3N2O2. The fourth-order valence-corrected chi connectivity index (χ4v) is 4.16. The zero-order valence-electron chi connectivity index (χ0n) is 16.1. The van der Waals surface area contributed by atoms with E-state index in [1.807, 2.05) is 30.3 Å². The molecule has 0 bridgehead atoms. The second kappa shape index (κ2) is 8.48. The average Bonchev–Trinajstić information content (AvgIpc) is 3.16. The number of benzene rings is 3. The average molecular weight is 502 g/mol. The van der Waals surface area contributed by atoms with Crippen LogP contribution < -0.4 is 4.74 Å². The van der Waals surface area contributed by atoms with Gasteiger partial charge in [0.1, 0.15) is 6.61 Å². The van der Waals surface area contributed by atoms with E-state index in [-0.39, 0.29) is 20.8 Å². The Morgan fingerprint density at radius 3 is 2.22 bits per heavy atom. The van der Waals surface area contributed by atoms with Crippen LogP contribution in [0.25, 0.3) is 16.6 Å². The molecule has 1 atom stereocenters. The summed E-state index contributed by atoms with van der Waals surface area (Å²) < 4.78 is 48.8. The molecule has 0 aliphatic heterocycles. The molecule has 3 aromatic carbocycles. The van der Waals surface area contributed by atoms with Crippen molar-refractivity contribution in [2.75, 3.05) is 6.61 Å². The number of rotatable bonds is 5. The smallest absolute Gasteiger partial charge is 0.424 e. The fourth-order valence-electron chi connectivity index (χ4n) is 3.24. The SMILES string of the molecule is OC(COc1c(Cl)cc(Cl)cc1Cl)(c1ccc2c(cnn2-c2ccccc2)c1)C(F)(F)F. The third kappa shape index (κ3) is 4.13. The van der Waals surface area contributed by atoms with Crippen LogP contribution in [0.3, 0.4) is 0 Å². The van der Waals surface area contributed by atoms with Gasteiger partial charge in [0.2, 0.25) is 5.60 Å². The number of nitrogens with zero attached hydrogens (tertiary/aromatic N) is 2. The molecule has 1 unspecified atom stereocenters. The van der Waals surface area contributed by atoms with Crippen molar-refractivity contribution in [2.45, 2.75) is 11.8 Å². The monoisotopic (exact) mass is 500 g/mol. The van der Waals surface area contributed by atoms with Gasteiger partial charge in [-0.25, -0.2) is 4.68 Å². The van der Waals surface area contributed by atoms with E-state index < -0.39 is 23.9 Å². The van der Waals surface area contributed by atoms with Gasteiger partial charge in [-0.3, -0.25) is 0 Å². The van der Waals surface area contributed by atoms with Crippen molar-refractivity contribution in [3.63, 3.8) is 0 Å². The van der Waals surface area contributed by atoms with Gasteiger partial charge in [-0.2, -0.15) is 18.3 Å². The Labute approximate surface area is 195 Å². The van der Waals surface area contributed by atoms with Gasteiger partial charge in [-0.15, -0.1) is 0 Å². The summed E-state index contributed by atoms with van der Waals surface area (Å²) in [7, 11) is 0. The van der Waals surface area contributed by atoms with Crippen molar-refractivity contribution in [2.24, 2.45) is 0 Å². The van der Waals surface area contributed by atoms with Gasteiger partial charge in [0.25, 0.3) is 0 Å². The standard InChI is InChI=1S/C22H14Cl3F3N2O2/c23-15-9-17(24)20(18(25)10-15)32-12-21(31,22(26,27)28)14-6-7-19-13(8-14)11-29-30(19)16-4-2-1-3-5-16/h1-11,31H,12H2. The first-order chi connectivity index (χ1) is 15.1. The van der Waals surface area contributed by atoms with E-state index in [1.165, 1.54) is 36.5 Å². The highest BCUT2D eigenvalue weighted by molar-refractivity contribution is 6.40. The fraction of sp³-hybridized carbons (Fsp3) is 0.136. The Bertz CT molecular complexity index is 1260. The summed E-state index contributed by atoms with van der Waals surface area (Å²) in [6, 6.07) is 15.6. The zero-order valence-corrected chi connectivity index (χ0v) is 18.3. The maximum Gasteiger partial charge on any atom is 0.424 e. The molecule has 4 aromatic rings. The predicted molar refractivity (Wildman–Crippen MR) is 118 cm³/mol. The van der Waals surface area contributed by atoms with E-state index in [1.54, 1.807) is 4.68 Å². The summed E-state index contributed by atoms with van der Waals surface area (Å²) in [6.07, 6.45) is -3.63. The molecule has 166 valence electrons. The molecule has 0 aliphatic rings. The second-order valence-corrected chi connectivity index (χ2v) is 8.26. The molecule has 0 saturated heterocycles. The third-order valence-electron chi connectivity index (χ3n) is 4.90. The van der Waals surface area contributed by atoms with E-state index in [9.17, 15) is 18.3 Å². The lowest BCUT2D eigenvalue weighted by molar-refractivity contribution is -0.275. The second-order valence-electron chi connectivity index (χ2n) is 7.01. The van der Waals surface area contributed by atoms with Crippen LogP contribution in [0.15, 0.2) is 66.9 Å². The molecule has 0 radical (unpaired) electrons. The number of hydrogen-bond donors (Lipinski definition) is 1. The molecule has 1 N–H and O–H groups in total. The highest BCUT2D eigenvalue weighted by Crippen LogP contribution is 2.42. The number of aliphatic hydroxyl groups is 1. The largest absolute Gasteiger partial charge is 0.487 e. The van der Waals surface area contributed by atoms with Gasteiger partial charge in [0.15, 0.2) is 5.75 Å². The Balaban J connectivity index is 1.72. The number of fused-ring (bicyclic) bond motifs is 1. The van der Waals surface area contributed by atoms with Crippen molar-refractivity contribution < 1.29 is 23.0 Å². The minimum Gasteiger partial charge on any atom is -0.487 e. The maximum atomic E-state index is 14.0. The maximum absolute atomic E-state index is 14.0. The quantitative estimate of drug-likeness (QED) is 0.327. The molecule has 0 fully saturated rings. The summed E-state index contributed by atoms with van der Waals surface area (Å²) in [5.41, 5.74) is -2.42. The van der Waals surface area contributed by atoms with Crippen LogP contribution in [0.2, 0.25) is 15.1 Å². The first-order valence-corrected chi connectivity index (χ1v) is 10.3. The van der Waals surface area contributed by atoms with Gasteiger partial charge >= 0.3 is 6.18 Å². The molecule has 4 nitrogen and oxygen atoms in total. The van der Waals surface area contributed by atoms with E-state index in [0.29, 0.717) is 10.9 Å². The van der Waals surface area contributed by atoms with Gasteiger partial charge < -0.3 is 9.84 Å². The summed E-state index contributed by atoms with van der Waals surface area (Å²) in [5.74, 6) is -0.210. The lowest BCUT2D eigenvalue weighted by atomic mass is 9.93. The third-order valence-corrected chi connectivity index (χ3v) is 5.68. The molecule has 0 aliphatic carbocycles. The topological polar surface area (TPSA) is 47.3 Å². The predicted octanol–water partition coefficient (Wildman–Crippen LogP) is 6.81. The van der Waals surface area contributed by atoms with Crippen molar-refractivity contribution in [1.82, 2.24) is 9.78 Å². The molecule has 0 saturated carbocycles. The first kappa shape index (κ1) is 22.7. The Morgan fingerprint density at radius 1 is 0.938 bits per heavy atom. The molecular weight excluding hydrogens is 488 g/mol. The molecule has 0 amide bonds. The summed E-state index contributed by atoms with van der Waals surface area (Å²) in [4.78, 5) is 0. The van der Waals surface area contributed by atoms with E-state index in [0.717, 1.165) is 5.69 Å². The van der Waals surface area contributed by atoms with E-state index in [4.69, 9.17) is 39.5 Å². The molecule has 10 heteroatoms. The van der Waals surface area contributed by atoms with E-state index >= 15 is 0 Å². The zero-order chi connectivity index (χ0) is 23.1. The minimum atomic E-state index is -5.05. The van der Waals surface area contributed by atoms with Crippen LogP contribution in [0.1, 0.15) is 5.56 Å². The van der Waals surface area contributed by atoms with Crippen molar-refractivity contribution in [3.05, 3.63) is 87.5 Å². The van der Waals surface area contributed by atoms with Crippen molar-refractivity contribution >= 4 is 45.7 Å². The lowest BCUT2D eigenvalue weighted by Crippen LogP contribution is -2.47. The molecule has 1 heterocycles. The number of halogens is 6. The number of aromatic nitrogens is 2. The van der Waals surface area contributed by atoms with Crippen LogP contribution in [-0.2, 0) is 5.60 Å². The highest BCUT2D eigenvalue weighted by atomic mass is 35.5. The first-order valence-electron chi connectivity index (χ1n) is 9.20. The van der Waals surface area contributed by atoms with Gasteiger partial charge in [0, 0.05) is 10.4 Å². The van der Waals surface area contributed by atoms with Gasteiger partial charge in [0.05, 0.1) is 27.4 Å². The number of hydrogen-bond acceptors (Lipinski definition) is 3. The van der Waals surface area contributed by atoms with E-state index in [2.05, 4.69) is 5.10 Å². The number of para-hydroxylation sites is 1. The summed E-state index contributed by atoms with van der Waals surface area (Å²) in [5, 5.41) is 15.4. The highest BCUT2D eigenvalue weighted by Gasteiger charge is 2.56. The Morgan fingerprint density at radius 2 is 1.59 bits per heavy atom. The van der Waals surface area contributed by atoms with Crippen LogP contribution in [0.5, 0.6) is 5.75 Å².